The Bertz CT molecular complexity index is 496. The molecule has 0 radical (unpaired) electrons. The zero-order valence-electron chi connectivity index (χ0n) is 13.2. The van der Waals surface area contributed by atoms with Crippen LogP contribution in [0.15, 0.2) is 29.4 Å². The van der Waals surface area contributed by atoms with Gasteiger partial charge in [0.05, 0.1) is 13.0 Å². The molecule has 0 spiro atoms. The predicted octanol–water partition coefficient (Wildman–Crippen LogP) is 2.12. The van der Waals surface area contributed by atoms with Gasteiger partial charge in [0.1, 0.15) is 5.82 Å². The molecule has 1 N–H and O–H groups in total. The summed E-state index contributed by atoms with van der Waals surface area (Å²) in [7, 11) is 0. The Morgan fingerprint density at radius 1 is 1.26 bits per heavy atom. The fraction of sp³-hybridized carbons (Fsp3) is 0.600. The third kappa shape index (κ3) is 5.61. The molecule has 0 bridgehead atoms. The highest BCUT2D eigenvalue weighted by Crippen LogP contribution is 2.19. The van der Waals surface area contributed by atoms with E-state index in [1.807, 2.05) is 30.0 Å². The number of hydrogen-bond donors (Lipinski definition) is 1. The maximum Gasteiger partial charge on any atom is 0.390 e. The van der Waals surface area contributed by atoms with Crippen LogP contribution in [-0.2, 0) is 0 Å². The van der Waals surface area contributed by atoms with Crippen molar-refractivity contribution in [2.75, 3.05) is 44.2 Å². The zero-order chi connectivity index (χ0) is 16.7. The van der Waals surface area contributed by atoms with Crippen LogP contribution >= 0.6 is 0 Å². The van der Waals surface area contributed by atoms with Crippen LogP contribution in [0, 0.1) is 0 Å². The Balaban J connectivity index is 1.91. The van der Waals surface area contributed by atoms with Crippen molar-refractivity contribution in [3.63, 3.8) is 0 Å². The van der Waals surface area contributed by atoms with Gasteiger partial charge in [-0.2, -0.15) is 13.2 Å². The Hall–Kier alpha value is -1.99. The largest absolute Gasteiger partial charge is 0.390 e. The minimum Gasteiger partial charge on any atom is -0.357 e. The van der Waals surface area contributed by atoms with Gasteiger partial charge in [0.15, 0.2) is 5.96 Å². The molecule has 8 heteroatoms. The first-order valence-electron chi connectivity index (χ1n) is 7.75. The maximum absolute atomic E-state index is 12.3. The lowest BCUT2D eigenvalue weighted by atomic mass is 10.3. The number of guanidine groups is 1. The van der Waals surface area contributed by atoms with E-state index in [9.17, 15) is 13.2 Å². The molecule has 0 unspecified atom stereocenters. The van der Waals surface area contributed by atoms with Crippen molar-refractivity contribution in [3.8, 4) is 0 Å². The number of aliphatic imine (C=N–C) groups is 1. The molecule has 0 saturated carbocycles. The van der Waals surface area contributed by atoms with Crippen molar-refractivity contribution in [3.05, 3.63) is 24.4 Å². The van der Waals surface area contributed by atoms with Crippen molar-refractivity contribution in [1.29, 1.82) is 0 Å². The Morgan fingerprint density at radius 2 is 2.00 bits per heavy atom. The molecule has 2 heterocycles. The second kappa shape index (κ2) is 8.03. The molecule has 23 heavy (non-hydrogen) atoms. The molecule has 1 saturated heterocycles. The summed E-state index contributed by atoms with van der Waals surface area (Å²) in [5, 5.41) is 3.07. The van der Waals surface area contributed by atoms with Gasteiger partial charge < -0.3 is 15.1 Å². The van der Waals surface area contributed by atoms with Crippen molar-refractivity contribution in [2.24, 2.45) is 4.99 Å². The Labute approximate surface area is 134 Å². The van der Waals surface area contributed by atoms with Gasteiger partial charge >= 0.3 is 6.18 Å². The molecule has 1 aromatic rings. The summed E-state index contributed by atoms with van der Waals surface area (Å²) in [4.78, 5) is 12.6. The molecule has 0 aromatic carbocycles. The standard InChI is InChI=1S/C15H22F3N5/c1-2-19-14(21-8-6-15(16,17)18)23-11-9-22(10-12-23)13-5-3-4-7-20-13/h3-5,7H,2,6,8-12H2,1H3,(H,19,21). The number of halogens is 3. The Morgan fingerprint density at radius 3 is 2.57 bits per heavy atom. The number of piperazine rings is 1. The lowest BCUT2D eigenvalue weighted by Gasteiger charge is -2.37. The van der Waals surface area contributed by atoms with E-state index in [1.165, 1.54) is 0 Å². The SMILES string of the molecule is CCNC(=NCCC(F)(F)F)N1CCN(c2ccccn2)CC1. The summed E-state index contributed by atoms with van der Waals surface area (Å²) in [6, 6.07) is 5.77. The molecule has 0 aliphatic carbocycles. The average molecular weight is 329 g/mol. The molecule has 1 fully saturated rings. The highest BCUT2D eigenvalue weighted by atomic mass is 19.4. The molecule has 128 valence electrons. The van der Waals surface area contributed by atoms with Crippen LogP contribution in [0.2, 0.25) is 0 Å². The fourth-order valence-electron chi connectivity index (χ4n) is 2.40. The van der Waals surface area contributed by atoms with Gasteiger partial charge in [0, 0.05) is 38.9 Å². The number of nitrogens with one attached hydrogen (secondary N) is 1. The van der Waals surface area contributed by atoms with E-state index in [0.717, 1.165) is 18.9 Å². The van der Waals surface area contributed by atoms with Gasteiger partial charge in [0.2, 0.25) is 0 Å². The van der Waals surface area contributed by atoms with E-state index in [-0.39, 0.29) is 6.54 Å². The van der Waals surface area contributed by atoms with Crippen LogP contribution in [-0.4, -0.2) is 61.3 Å². The molecule has 1 aliphatic rings. The molecule has 2 rings (SSSR count). The minimum atomic E-state index is -4.17. The van der Waals surface area contributed by atoms with E-state index >= 15 is 0 Å². The third-order valence-corrected chi connectivity index (χ3v) is 3.54. The average Bonchev–Trinajstić information content (AvgIpc) is 2.54. The summed E-state index contributed by atoms with van der Waals surface area (Å²) in [6.07, 6.45) is -3.31. The summed E-state index contributed by atoms with van der Waals surface area (Å²) in [5.74, 6) is 1.48. The van der Waals surface area contributed by atoms with Gasteiger partial charge in [-0.05, 0) is 19.1 Å². The van der Waals surface area contributed by atoms with Crippen LogP contribution in [0.1, 0.15) is 13.3 Å². The van der Waals surface area contributed by atoms with Crippen molar-refractivity contribution in [2.45, 2.75) is 19.5 Å². The number of nitrogens with zero attached hydrogens (tertiary/aromatic N) is 4. The predicted molar refractivity (Wildman–Crippen MR) is 84.7 cm³/mol. The molecule has 1 aliphatic heterocycles. The second-order valence-electron chi connectivity index (χ2n) is 5.26. The highest BCUT2D eigenvalue weighted by Gasteiger charge is 2.26. The topological polar surface area (TPSA) is 43.8 Å². The number of anilines is 1. The van der Waals surface area contributed by atoms with Gasteiger partial charge in [0.25, 0.3) is 0 Å². The van der Waals surface area contributed by atoms with Crippen molar-refractivity contribution in [1.82, 2.24) is 15.2 Å². The smallest absolute Gasteiger partial charge is 0.357 e. The highest BCUT2D eigenvalue weighted by molar-refractivity contribution is 5.80. The summed E-state index contributed by atoms with van der Waals surface area (Å²) >= 11 is 0. The molecule has 5 nitrogen and oxygen atoms in total. The van der Waals surface area contributed by atoms with Gasteiger partial charge in [-0.25, -0.2) is 4.98 Å². The summed E-state index contributed by atoms with van der Waals surface area (Å²) in [6.45, 7) is 5.23. The van der Waals surface area contributed by atoms with Crippen LogP contribution in [0.3, 0.4) is 0 Å². The van der Waals surface area contributed by atoms with Gasteiger partial charge in [-0.1, -0.05) is 6.07 Å². The van der Waals surface area contributed by atoms with Crippen molar-refractivity contribution >= 4 is 11.8 Å². The van der Waals surface area contributed by atoms with Gasteiger partial charge in [-0.3, -0.25) is 4.99 Å². The third-order valence-electron chi connectivity index (χ3n) is 3.54. The Kier molecular flexibility index (Phi) is 6.06. The lowest BCUT2D eigenvalue weighted by Crippen LogP contribution is -2.52. The van der Waals surface area contributed by atoms with E-state index < -0.39 is 12.6 Å². The summed E-state index contributed by atoms with van der Waals surface area (Å²) < 4.78 is 36.8. The summed E-state index contributed by atoms with van der Waals surface area (Å²) in [5.41, 5.74) is 0. The number of alkyl halides is 3. The number of pyridine rings is 1. The van der Waals surface area contributed by atoms with Crippen molar-refractivity contribution < 1.29 is 13.2 Å². The first kappa shape index (κ1) is 17.4. The zero-order valence-corrected chi connectivity index (χ0v) is 13.2. The maximum atomic E-state index is 12.3. The van der Waals surface area contributed by atoms with Crippen LogP contribution in [0.5, 0.6) is 0 Å². The normalized spacial score (nSPS) is 16.6. The molecular weight excluding hydrogens is 307 g/mol. The number of rotatable bonds is 4. The lowest BCUT2D eigenvalue weighted by molar-refractivity contribution is -0.132. The van der Waals surface area contributed by atoms with Crippen LogP contribution < -0.4 is 10.2 Å². The van der Waals surface area contributed by atoms with Crippen LogP contribution in [0.4, 0.5) is 19.0 Å². The van der Waals surface area contributed by atoms with Gasteiger partial charge in [-0.15, -0.1) is 0 Å². The second-order valence-corrected chi connectivity index (χ2v) is 5.26. The number of hydrogen-bond acceptors (Lipinski definition) is 3. The number of aromatic nitrogens is 1. The molecular formula is C15H22F3N5. The van der Waals surface area contributed by atoms with E-state index in [4.69, 9.17) is 0 Å². The fourth-order valence-corrected chi connectivity index (χ4v) is 2.40. The molecule has 0 amide bonds. The van der Waals surface area contributed by atoms with E-state index in [1.54, 1.807) is 6.20 Å². The minimum absolute atomic E-state index is 0.244. The quantitative estimate of drug-likeness (QED) is 0.679. The first-order valence-corrected chi connectivity index (χ1v) is 7.75. The first-order chi connectivity index (χ1) is 11.0. The van der Waals surface area contributed by atoms with E-state index in [2.05, 4.69) is 20.2 Å². The molecule has 0 atom stereocenters. The molecule has 1 aromatic heterocycles. The monoisotopic (exact) mass is 329 g/mol. The van der Waals surface area contributed by atoms with Crippen LogP contribution in [0.25, 0.3) is 0 Å². The van der Waals surface area contributed by atoms with E-state index in [0.29, 0.717) is 25.6 Å².